The summed E-state index contributed by atoms with van der Waals surface area (Å²) in [7, 11) is 0. The molecule has 1 aromatic carbocycles. The molecule has 1 rings (SSSR count). The molecule has 0 radical (unpaired) electrons. The van der Waals surface area contributed by atoms with Gasteiger partial charge in [-0.3, -0.25) is 10.2 Å². The minimum atomic E-state index is -0.323. The molecule has 0 aliphatic heterocycles. The van der Waals surface area contributed by atoms with Crippen LogP contribution in [0.1, 0.15) is 24.2 Å². The normalized spacial score (nSPS) is 10.3. The van der Waals surface area contributed by atoms with Gasteiger partial charge in [-0.05, 0) is 40.0 Å². The van der Waals surface area contributed by atoms with Crippen molar-refractivity contribution in [3.05, 3.63) is 28.2 Å². The fourth-order valence-corrected chi connectivity index (χ4v) is 1.59. The van der Waals surface area contributed by atoms with Gasteiger partial charge in [0.1, 0.15) is 5.75 Å². The van der Waals surface area contributed by atoms with Crippen LogP contribution in [0, 0.1) is 5.92 Å². The first-order valence-electron chi connectivity index (χ1n) is 4.98. The van der Waals surface area contributed by atoms with Gasteiger partial charge in [-0.15, -0.1) is 0 Å². The molecular formula is C11H15BrN2O2. The fourth-order valence-electron chi connectivity index (χ4n) is 1.10. The molecule has 0 aliphatic carbocycles. The zero-order valence-corrected chi connectivity index (χ0v) is 10.9. The van der Waals surface area contributed by atoms with Crippen molar-refractivity contribution in [2.75, 3.05) is 6.61 Å². The van der Waals surface area contributed by atoms with E-state index in [0.717, 1.165) is 10.2 Å². The number of halogens is 1. The maximum Gasteiger partial charge on any atom is 0.265 e. The Balaban J connectivity index is 2.79. The summed E-state index contributed by atoms with van der Waals surface area (Å²) in [6, 6.07) is 5.09. The largest absolute Gasteiger partial charge is 0.492 e. The molecule has 4 nitrogen and oxygen atoms in total. The van der Waals surface area contributed by atoms with Gasteiger partial charge in [0, 0.05) is 5.56 Å². The third kappa shape index (κ3) is 3.50. The molecule has 0 aliphatic rings. The number of hydrogen-bond donors (Lipinski definition) is 2. The summed E-state index contributed by atoms with van der Waals surface area (Å²) in [6.07, 6.45) is 0. The smallest absolute Gasteiger partial charge is 0.265 e. The molecule has 0 bridgehead atoms. The van der Waals surface area contributed by atoms with Gasteiger partial charge in [0.2, 0.25) is 0 Å². The molecule has 0 unspecified atom stereocenters. The lowest BCUT2D eigenvalue weighted by atomic mass is 10.2. The molecule has 5 heteroatoms. The molecule has 0 spiro atoms. The molecule has 88 valence electrons. The van der Waals surface area contributed by atoms with E-state index in [4.69, 9.17) is 10.6 Å². The van der Waals surface area contributed by atoms with E-state index in [0.29, 0.717) is 18.1 Å². The number of ether oxygens (including phenoxy) is 1. The van der Waals surface area contributed by atoms with Gasteiger partial charge in [-0.2, -0.15) is 0 Å². The Morgan fingerprint density at radius 3 is 2.75 bits per heavy atom. The lowest BCUT2D eigenvalue weighted by Crippen LogP contribution is -2.29. The molecular weight excluding hydrogens is 272 g/mol. The number of amides is 1. The van der Waals surface area contributed by atoms with E-state index in [-0.39, 0.29) is 5.91 Å². The molecule has 1 amide bonds. The number of carbonyl (C=O) groups is 1. The average Bonchev–Trinajstić information content (AvgIpc) is 2.26. The maximum atomic E-state index is 11.2. The van der Waals surface area contributed by atoms with Crippen LogP contribution >= 0.6 is 15.9 Å². The molecule has 0 aromatic heterocycles. The van der Waals surface area contributed by atoms with Gasteiger partial charge in [-0.1, -0.05) is 13.8 Å². The van der Waals surface area contributed by atoms with E-state index >= 15 is 0 Å². The summed E-state index contributed by atoms with van der Waals surface area (Å²) in [5, 5.41) is 0. The number of nitrogen functional groups attached to an aromatic ring is 1. The number of carbonyl (C=O) groups excluding carboxylic acids is 1. The quantitative estimate of drug-likeness (QED) is 0.506. The van der Waals surface area contributed by atoms with Crippen LogP contribution in [0.25, 0.3) is 0 Å². The van der Waals surface area contributed by atoms with Crippen molar-refractivity contribution in [3.63, 3.8) is 0 Å². The van der Waals surface area contributed by atoms with Crippen LogP contribution < -0.4 is 16.0 Å². The van der Waals surface area contributed by atoms with Crippen LogP contribution in [-0.4, -0.2) is 12.5 Å². The van der Waals surface area contributed by atoms with Gasteiger partial charge in [0.15, 0.2) is 0 Å². The Morgan fingerprint density at radius 2 is 2.25 bits per heavy atom. The molecule has 1 aromatic rings. The monoisotopic (exact) mass is 286 g/mol. The second kappa shape index (κ2) is 5.86. The van der Waals surface area contributed by atoms with E-state index in [1.165, 1.54) is 0 Å². The van der Waals surface area contributed by atoms with E-state index < -0.39 is 0 Å². The SMILES string of the molecule is CC(C)COc1ccc(C(=O)NN)cc1Br. The van der Waals surface area contributed by atoms with Crippen LogP contribution in [0.4, 0.5) is 0 Å². The van der Waals surface area contributed by atoms with Gasteiger partial charge in [0.05, 0.1) is 11.1 Å². The number of nitrogens with one attached hydrogen (secondary N) is 1. The standard InChI is InChI=1S/C11H15BrN2O2/c1-7(2)6-16-10-4-3-8(5-9(10)12)11(15)14-13/h3-5,7H,6,13H2,1-2H3,(H,14,15). The number of hydrazine groups is 1. The molecule has 0 fully saturated rings. The molecule has 0 saturated heterocycles. The topological polar surface area (TPSA) is 64.3 Å². The number of nitrogens with two attached hydrogens (primary N) is 1. The zero-order valence-electron chi connectivity index (χ0n) is 9.29. The molecule has 0 atom stereocenters. The Bertz CT molecular complexity index is 380. The third-order valence-corrected chi connectivity index (χ3v) is 2.52. The average molecular weight is 287 g/mol. The first kappa shape index (κ1) is 13.0. The number of rotatable bonds is 4. The summed E-state index contributed by atoms with van der Waals surface area (Å²) in [4.78, 5) is 11.2. The second-order valence-electron chi connectivity index (χ2n) is 3.82. The van der Waals surface area contributed by atoms with Crippen LogP contribution in [0.5, 0.6) is 5.75 Å². The highest BCUT2D eigenvalue weighted by molar-refractivity contribution is 9.10. The Morgan fingerprint density at radius 1 is 1.56 bits per heavy atom. The summed E-state index contributed by atoms with van der Waals surface area (Å²) in [5.74, 6) is 5.90. The zero-order chi connectivity index (χ0) is 12.1. The second-order valence-corrected chi connectivity index (χ2v) is 4.68. The number of benzene rings is 1. The third-order valence-electron chi connectivity index (χ3n) is 1.90. The van der Waals surface area contributed by atoms with Gasteiger partial charge < -0.3 is 4.74 Å². The maximum absolute atomic E-state index is 11.2. The van der Waals surface area contributed by atoms with E-state index in [2.05, 4.69) is 35.2 Å². The van der Waals surface area contributed by atoms with Gasteiger partial charge in [0.25, 0.3) is 5.91 Å². The molecule has 0 saturated carbocycles. The van der Waals surface area contributed by atoms with Crippen LogP contribution in [0.2, 0.25) is 0 Å². The summed E-state index contributed by atoms with van der Waals surface area (Å²) in [6.45, 7) is 4.79. The van der Waals surface area contributed by atoms with Crippen LogP contribution in [-0.2, 0) is 0 Å². The van der Waals surface area contributed by atoms with E-state index in [9.17, 15) is 4.79 Å². The van der Waals surface area contributed by atoms with Crippen molar-refractivity contribution >= 4 is 21.8 Å². The predicted molar refractivity (Wildman–Crippen MR) is 66.1 cm³/mol. The first-order valence-corrected chi connectivity index (χ1v) is 5.77. The summed E-state index contributed by atoms with van der Waals surface area (Å²) in [5.41, 5.74) is 2.57. The summed E-state index contributed by atoms with van der Waals surface area (Å²) < 4.78 is 6.30. The highest BCUT2D eigenvalue weighted by Gasteiger charge is 2.08. The van der Waals surface area contributed by atoms with Crippen LogP contribution in [0.3, 0.4) is 0 Å². The minimum Gasteiger partial charge on any atom is -0.492 e. The highest BCUT2D eigenvalue weighted by Crippen LogP contribution is 2.26. The lowest BCUT2D eigenvalue weighted by Gasteiger charge is -2.11. The molecule has 0 heterocycles. The lowest BCUT2D eigenvalue weighted by molar-refractivity contribution is 0.0953. The van der Waals surface area contributed by atoms with Crippen molar-refractivity contribution in [1.29, 1.82) is 0 Å². The van der Waals surface area contributed by atoms with Crippen LogP contribution in [0.15, 0.2) is 22.7 Å². The fraction of sp³-hybridized carbons (Fsp3) is 0.364. The minimum absolute atomic E-state index is 0.323. The van der Waals surface area contributed by atoms with Gasteiger partial charge in [-0.25, -0.2) is 5.84 Å². The highest BCUT2D eigenvalue weighted by atomic mass is 79.9. The predicted octanol–water partition coefficient (Wildman–Crippen LogP) is 2.09. The van der Waals surface area contributed by atoms with Crippen molar-refractivity contribution < 1.29 is 9.53 Å². The van der Waals surface area contributed by atoms with Crippen molar-refractivity contribution in [3.8, 4) is 5.75 Å². The van der Waals surface area contributed by atoms with E-state index in [1.54, 1.807) is 18.2 Å². The molecule has 3 N–H and O–H groups in total. The summed E-state index contributed by atoms with van der Waals surface area (Å²) >= 11 is 3.35. The Hall–Kier alpha value is -1.07. The van der Waals surface area contributed by atoms with Gasteiger partial charge >= 0.3 is 0 Å². The van der Waals surface area contributed by atoms with Crippen molar-refractivity contribution in [2.24, 2.45) is 11.8 Å². The molecule has 16 heavy (non-hydrogen) atoms. The van der Waals surface area contributed by atoms with Crippen molar-refractivity contribution in [2.45, 2.75) is 13.8 Å². The Labute approximate surface area is 103 Å². The first-order chi connectivity index (χ1) is 7.54. The van der Waals surface area contributed by atoms with E-state index in [1.807, 2.05) is 0 Å². The van der Waals surface area contributed by atoms with Crippen molar-refractivity contribution in [1.82, 2.24) is 5.43 Å². The number of hydrogen-bond acceptors (Lipinski definition) is 3. The Kier molecular flexibility index (Phi) is 4.76.